The minimum atomic E-state index is -0.191. The van der Waals surface area contributed by atoms with Gasteiger partial charge in [-0.1, -0.05) is 0 Å². The summed E-state index contributed by atoms with van der Waals surface area (Å²) in [5, 5.41) is 12.1. The third-order valence-corrected chi connectivity index (χ3v) is 12.5. The maximum absolute atomic E-state index is 12.1. The van der Waals surface area contributed by atoms with Crippen molar-refractivity contribution in [1.82, 2.24) is 0 Å². The van der Waals surface area contributed by atoms with E-state index in [1.54, 1.807) is 32.1 Å². The number of aliphatic hydroxyl groups is 1. The molecule has 122 valence electrons. The Morgan fingerprint density at radius 1 is 0.609 bits per heavy atom. The van der Waals surface area contributed by atoms with Crippen LogP contribution in [0.15, 0.2) is 0 Å². The molecule has 0 heterocycles. The summed E-state index contributed by atoms with van der Waals surface area (Å²) in [5.74, 6) is 11.0. The van der Waals surface area contributed by atoms with Gasteiger partial charge in [-0.05, 0) is 127 Å². The maximum Gasteiger partial charge on any atom is 0.0717 e. The molecule has 1 nitrogen and oxygen atoms in total. The smallest absolute Gasteiger partial charge is 0.0717 e. The molecule has 13 rings (SSSR count). The van der Waals surface area contributed by atoms with Gasteiger partial charge in [-0.15, -0.1) is 0 Å². The zero-order chi connectivity index (χ0) is 14.5. The third kappa shape index (κ3) is 0.794. The van der Waals surface area contributed by atoms with Crippen molar-refractivity contribution in [2.24, 2.45) is 75.9 Å². The van der Waals surface area contributed by atoms with Crippen LogP contribution in [0, 0.1) is 75.9 Å². The lowest BCUT2D eigenvalue weighted by Gasteiger charge is -2.92. The molecule has 0 aromatic carbocycles. The average molecular weight is 308 g/mol. The first-order chi connectivity index (χ1) is 11.2. The summed E-state index contributed by atoms with van der Waals surface area (Å²) < 4.78 is 0. The lowest BCUT2D eigenvalue weighted by Crippen LogP contribution is -2.89. The van der Waals surface area contributed by atoms with Crippen molar-refractivity contribution < 1.29 is 5.11 Å². The van der Waals surface area contributed by atoms with E-state index in [4.69, 9.17) is 0 Å². The maximum atomic E-state index is 12.1. The minimum absolute atomic E-state index is 0.191. The molecule has 13 aliphatic carbocycles. The van der Waals surface area contributed by atoms with E-state index >= 15 is 0 Å². The van der Waals surface area contributed by atoms with E-state index in [1.807, 2.05) is 0 Å². The highest BCUT2D eigenvalue weighted by atomic mass is 16.3. The van der Waals surface area contributed by atoms with Crippen LogP contribution in [0.4, 0.5) is 0 Å². The molecule has 23 heavy (non-hydrogen) atoms. The lowest BCUT2D eigenvalue weighted by atomic mass is 9.13. The standard InChI is InChI=1S/C22H28O/c23-22-6-10-3-13-15(22)8-20-4-9-1-11-14-7-21(5-10,17(13)16(11)20)19(22)18(20)12(14)2-9/h9-19,23H,1-8H2/t9-,10+,11+,12+,13-,14-,15+,16-,17+,18+,19-,20+,21+,22+/m0/s1. The molecule has 0 aromatic heterocycles. The van der Waals surface area contributed by atoms with Crippen molar-refractivity contribution in [3.8, 4) is 0 Å². The van der Waals surface area contributed by atoms with Crippen LogP contribution in [0.25, 0.3) is 0 Å². The lowest BCUT2D eigenvalue weighted by molar-refractivity contribution is -0.460. The average Bonchev–Trinajstić information content (AvgIpc) is 2.52. The first-order valence-electron chi connectivity index (χ1n) is 10.9. The van der Waals surface area contributed by atoms with Crippen LogP contribution in [0.1, 0.15) is 51.4 Å². The molecule has 0 aliphatic heterocycles. The monoisotopic (exact) mass is 308 g/mol. The van der Waals surface area contributed by atoms with Gasteiger partial charge in [-0.3, -0.25) is 0 Å². The highest BCUT2D eigenvalue weighted by molar-refractivity contribution is 5.37. The van der Waals surface area contributed by atoms with Gasteiger partial charge in [0.2, 0.25) is 0 Å². The van der Waals surface area contributed by atoms with Crippen molar-refractivity contribution in [2.45, 2.75) is 57.0 Å². The Hall–Kier alpha value is -0.0400. The largest absolute Gasteiger partial charge is 0.389 e. The number of hydrogen-bond donors (Lipinski definition) is 1. The zero-order valence-electron chi connectivity index (χ0n) is 14.0. The molecule has 13 saturated carbocycles. The molecule has 2 spiro atoms. The fourth-order valence-electron chi connectivity index (χ4n) is 13.5. The predicted octanol–water partition coefficient (Wildman–Crippen LogP) is 3.71. The van der Waals surface area contributed by atoms with Gasteiger partial charge in [0.05, 0.1) is 5.60 Å². The predicted molar refractivity (Wildman–Crippen MR) is 85.1 cm³/mol. The van der Waals surface area contributed by atoms with Crippen LogP contribution in [0.2, 0.25) is 0 Å². The van der Waals surface area contributed by atoms with Gasteiger partial charge >= 0.3 is 0 Å². The first-order valence-corrected chi connectivity index (χ1v) is 10.9. The summed E-state index contributed by atoms with van der Waals surface area (Å²) in [5.41, 5.74) is 1.21. The second-order valence-electron chi connectivity index (χ2n) is 12.2. The van der Waals surface area contributed by atoms with E-state index in [-0.39, 0.29) is 5.60 Å². The normalized spacial score (nSPS) is 85.2. The quantitative estimate of drug-likeness (QED) is 0.723. The first kappa shape index (κ1) is 11.6. The molecule has 1 N–H and O–H groups in total. The fourth-order valence-corrected chi connectivity index (χ4v) is 13.5. The topological polar surface area (TPSA) is 20.2 Å². The molecule has 14 bridgehead atoms. The van der Waals surface area contributed by atoms with Crippen LogP contribution >= 0.6 is 0 Å². The van der Waals surface area contributed by atoms with Gasteiger partial charge in [0, 0.05) is 0 Å². The highest BCUT2D eigenvalue weighted by Gasteiger charge is 2.89. The summed E-state index contributed by atoms with van der Waals surface area (Å²) in [4.78, 5) is 0. The molecule has 0 amide bonds. The molecule has 0 aromatic rings. The molecular formula is C22H28O. The summed E-state index contributed by atoms with van der Waals surface area (Å²) in [6, 6.07) is 0. The van der Waals surface area contributed by atoms with Gasteiger partial charge in [0.15, 0.2) is 0 Å². The van der Waals surface area contributed by atoms with E-state index < -0.39 is 0 Å². The molecule has 0 saturated heterocycles. The molecule has 1 heteroatoms. The molecule has 13 fully saturated rings. The van der Waals surface area contributed by atoms with E-state index in [9.17, 15) is 5.11 Å². The second kappa shape index (κ2) is 2.78. The molecular weight excluding hydrogens is 280 g/mol. The van der Waals surface area contributed by atoms with Gasteiger partial charge in [0.25, 0.3) is 0 Å². The summed E-state index contributed by atoms with van der Waals surface area (Å²) in [7, 11) is 0. The van der Waals surface area contributed by atoms with Crippen molar-refractivity contribution in [2.75, 3.05) is 0 Å². The van der Waals surface area contributed by atoms with E-state index in [2.05, 4.69) is 0 Å². The van der Waals surface area contributed by atoms with Crippen molar-refractivity contribution >= 4 is 0 Å². The summed E-state index contributed by atoms with van der Waals surface area (Å²) >= 11 is 0. The Balaban J connectivity index is 1.43. The third-order valence-electron chi connectivity index (χ3n) is 12.5. The Bertz CT molecular complexity index is 700. The number of rotatable bonds is 0. The van der Waals surface area contributed by atoms with E-state index in [1.165, 1.54) is 19.3 Å². The highest BCUT2D eigenvalue weighted by Crippen LogP contribution is 2.93. The summed E-state index contributed by atoms with van der Waals surface area (Å²) in [6.45, 7) is 0. The van der Waals surface area contributed by atoms with Crippen LogP contribution in [-0.4, -0.2) is 10.7 Å². The van der Waals surface area contributed by atoms with Crippen LogP contribution in [-0.2, 0) is 0 Å². The van der Waals surface area contributed by atoms with Gasteiger partial charge in [-0.25, -0.2) is 0 Å². The Morgan fingerprint density at radius 3 is 2.26 bits per heavy atom. The van der Waals surface area contributed by atoms with Crippen molar-refractivity contribution in [3.05, 3.63) is 0 Å². The SMILES string of the molecule is O[C@@]12C[C@@H]3C[C@@H]4[C@@H]5[C@@H]6[C@@H]7C[C@H]8C[C@@H]9[C@H]7C[C@@]5(C3)[C@@H]1[C@@H]9[C@]6(C8)C[C@H]42. The van der Waals surface area contributed by atoms with Gasteiger partial charge in [0.1, 0.15) is 0 Å². The van der Waals surface area contributed by atoms with Gasteiger partial charge in [-0.2, -0.15) is 0 Å². The Kier molecular flexibility index (Phi) is 1.39. The van der Waals surface area contributed by atoms with E-state index in [0.717, 1.165) is 70.5 Å². The van der Waals surface area contributed by atoms with Crippen molar-refractivity contribution in [1.29, 1.82) is 0 Å². The molecule has 14 atom stereocenters. The zero-order valence-corrected chi connectivity index (χ0v) is 14.0. The van der Waals surface area contributed by atoms with Crippen LogP contribution in [0.3, 0.4) is 0 Å². The minimum Gasteiger partial charge on any atom is -0.389 e. The second-order valence-corrected chi connectivity index (χ2v) is 12.2. The fraction of sp³-hybridized carbons (Fsp3) is 1.00. The Morgan fingerprint density at radius 2 is 1.35 bits per heavy atom. The van der Waals surface area contributed by atoms with Crippen molar-refractivity contribution in [3.63, 3.8) is 0 Å². The molecule has 13 aliphatic rings. The molecule has 0 radical (unpaired) electrons. The van der Waals surface area contributed by atoms with E-state index in [0.29, 0.717) is 5.41 Å². The molecule has 0 unspecified atom stereocenters. The Labute approximate surface area is 138 Å². The number of hydrogen-bond acceptors (Lipinski definition) is 1. The summed E-state index contributed by atoms with van der Waals surface area (Å²) in [6.07, 6.45) is 12.2. The van der Waals surface area contributed by atoms with Crippen LogP contribution < -0.4 is 0 Å². The van der Waals surface area contributed by atoms with Crippen LogP contribution in [0.5, 0.6) is 0 Å². The van der Waals surface area contributed by atoms with Gasteiger partial charge < -0.3 is 5.11 Å².